The number of fused-ring (bicyclic) bond motifs is 2. The Balaban J connectivity index is 1.64. The van der Waals surface area contributed by atoms with Crippen LogP contribution in [0.2, 0.25) is 0 Å². The molecule has 0 bridgehead atoms. The average Bonchev–Trinajstić information content (AvgIpc) is 3.19. The van der Waals surface area contributed by atoms with Crippen LogP contribution in [0, 0.1) is 22.2 Å². The zero-order chi connectivity index (χ0) is 26.3. The molecule has 202 valence electrons. The van der Waals surface area contributed by atoms with Gasteiger partial charge in [0, 0.05) is 35.1 Å². The molecule has 2 saturated carbocycles. The van der Waals surface area contributed by atoms with Gasteiger partial charge in [-0.2, -0.15) is 0 Å². The maximum atomic E-state index is 13.3. The predicted octanol–water partition coefficient (Wildman–Crippen LogP) is 4.77. The molecule has 8 heteroatoms. The van der Waals surface area contributed by atoms with Crippen LogP contribution in [-0.4, -0.2) is 45.8 Å². The molecule has 3 aliphatic carbocycles. The Morgan fingerprint density at radius 3 is 2.44 bits per heavy atom. The molecular weight excluding hydrogens is 474 g/mol. The van der Waals surface area contributed by atoms with Crippen molar-refractivity contribution in [2.75, 3.05) is 11.9 Å². The van der Waals surface area contributed by atoms with Crippen molar-refractivity contribution in [2.45, 2.75) is 117 Å². The molecule has 2 fully saturated rings. The molecule has 0 radical (unpaired) electrons. The van der Waals surface area contributed by atoms with Crippen molar-refractivity contribution in [3.63, 3.8) is 0 Å². The van der Waals surface area contributed by atoms with Crippen LogP contribution in [0.15, 0.2) is 0 Å². The topological polar surface area (TPSA) is 112 Å². The lowest BCUT2D eigenvalue weighted by molar-refractivity contribution is -0.144. The summed E-state index contributed by atoms with van der Waals surface area (Å²) in [5.74, 6) is -0.114. The number of aromatic nitrogens is 1. The SMILES string of the molecule is CC(C)(C)CC(=O)Nc1nc2c(s1)CC1C(C)(CO)C(O)CCC1(C)C2CC(=O)NC1CCCCC1. The van der Waals surface area contributed by atoms with E-state index in [1.54, 1.807) is 0 Å². The minimum Gasteiger partial charge on any atom is -0.396 e. The number of carbonyl (C=O) groups excluding carboxylic acids is 2. The summed E-state index contributed by atoms with van der Waals surface area (Å²) in [6.45, 7) is 10.2. The van der Waals surface area contributed by atoms with Gasteiger partial charge in [0.05, 0.1) is 18.4 Å². The van der Waals surface area contributed by atoms with Crippen LogP contribution in [0.3, 0.4) is 0 Å². The average molecular weight is 520 g/mol. The monoisotopic (exact) mass is 519 g/mol. The van der Waals surface area contributed by atoms with E-state index in [9.17, 15) is 19.8 Å². The standard InChI is InChI=1S/C28H45N3O4S/c1-26(2,3)15-23(35)30-25-31-24-18(13-22(34)29-17-9-7-6-8-10-17)27(4)12-11-21(33)28(5,16-32)20(27)14-19(24)36-25/h17-18,20-21,32-33H,6-16H2,1-5H3,(H,29,34)(H,30,31,35). The number of anilines is 1. The maximum absolute atomic E-state index is 13.3. The molecule has 36 heavy (non-hydrogen) atoms. The van der Waals surface area contributed by atoms with Crippen molar-refractivity contribution >= 4 is 28.3 Å². The van der Waals surface area contributed by atoms with Crippen molar-refractivity contribution in [3.05, 3.63) is 10.6 Å². The lowest BCUT2D eigenvalue weighted by Crippen LogP contribution is -2.57. The Morgan fingerprint density at radius 1 is 1.11 bits per heavy atom. The normalized spacial score (nSPS) is 32.9. The van der Waals surface area contributed by atoms with Gasteiger partial charge in [-0.15, -0.1) is 11.3 Å². The van der Waals surface area contributed by atoms with Gasteiger partial charge in [-0.05, 0) is 48.9 Å². The van der Waals surface area contributed by atoms with E-state index >= 15 is 0 Å². The Kier molecular flexibility index (Phi) is 7.90. The molecule has 5 unspecified atom stereocenters. The minimum absolute atomic E-state index is 0.0114. The van der Waals surface area contributed by atoms with Gasteiger partial charge in [-0.1, -0.05) is 53.9 Å². The van der Waals surface area contributed by atoms with E-state index in [0.717, 1.165) is 42.7 Å². The number of rotatable bonds is 6. The molecule has 1 aromatic rings. The summed E-state index contributed by atoms with van der Waals surface area (Å²) >= 11 is 1.49. The van der Waals surface area contributed by atoms with Crippen molar-refractivity contribution in [1.29, 1.82) is 0 Å². The fraction of sp³-hybridized carbons (Fsp3) is 0.821. The van der Waals surface area contributed by atoms with Gasteiger partial charge < -0.3 is 20.8 Å². The Morgan fingerprint density at radius 2 is 1.81 bits per heavy atom. The quantitative estimate of drug-likeness (QED) is 0.433. The summed E-state index contributed by atoms with van der Waals surface area (Å²) in [4.78, 5) is 32.0. The number of hydrogen-bond donors (Lipinski definition) is 4. The number of thiazole rings is 1. The van der Waals surface area contributed by atoms with Crippen LogP contribution >= 0.6 is 11.3 Å². The first-order valence-corrected chi connectivity index (χ1v) is 14.5. The van der Waals surface area contributed by atoms with Crippen molar-refractivity contribution in [3.8, 4) is 0 Å². The summed E-state index contributed by atoms with van der Waals surface area (Å²) in [7, 11) is 0. The van der Waals surface area contributed by atoms with Crippen LogP contribution < -0.4 is 10.6 Å². The number of aliphatic hydroxyl groups excluding tert-OH is 2. The fourth-order valence-corrected chi connectivity index (χ4v) is 8.15. The molecule has 4 N–H and O–H groups in total. The van der Waals surface area contributed by atoms with Crippen molar-refractivity contribution < 1.29 is 19.8 Å². The number of carbonyl (C=O) groups is 2. The molecule has 0 spiro atoms. The van der Waals surface area contributed by atoms with E-state index in [-0.39, 0.29) is 47.1 Å². The highest BCUT2D eigenvalue weighted by atomic mass is 32.1. The van der Waals surface area contributed by atoms with Crippen LogP contribution in [0.1, 0.15) is 109 Å². The van der Waals surface area contributed by atoms with Gasteiger partial charge >= 0.3 is 0 Å². The summed E-state index contributed by atoms with van der Waals surface area (Å²) in [6, 6.07) is 0.247. The van der Waals surface area contributed by atoms with E-state index in [0.29, 0.717) is 30.8 Å². The number of nitrogens with one attached hydrogen (secondary N) is 2. The first-order valence-electron chi connectivity index (χ1n) is 13.7. The zero-order valence-electron chi connectivity index (χ0n) is 22.7. The summed E-state index contributed by atoms with van der Waals surface area (Å²) in [6.07, 6.45) is 7.86. The number of aliphatic hydroxyl groups is 2. The highest BCUT2D eigenvalue weighted by Crippen LogP contribution is 2.62. The summed E-state index contributed by atoms with van der Waals surface area (Å²) in [5.41, 5.74) is -0.140. The van der Waals surface area contributed by atoms with E-state index in [2.05, 4.69) is 17.6 Å². The molecule has 3 aliphatic rings. The van der Waals surface area contributed by atoms with Gasteiger partial charge in [0.25, 0.3) is 0 Å². The van der Waals surface area contributed by atoms with Crippen LogP contribution in [-0.2, 0) is 16.0 Å². The van der Waals surface area contributed by atoms with Crippen LogP contribution in [0.4, 0.5) is 5.13 Å². The zero-order valence-corrected chi connectivity index (χ0v) is 23.5. The molecule has 4 rings (SSSR count). The number of nitrogens with zero attached hydrogens (tertiary/aromatic N) is 1. The highest BCUT2D eigenvalue weighted by Gasteiger charge is 2.59. The molecule has 1 heterocycles. The third-order valence-corrected chi connectivity index (χ3v) is 10.2. The molecule has 0 saturated heterocycles. The van der Waals surface area contributed by atoms with Crippen molar-refractivity contribution in [2.24, 2.45) is 22.2 Å². The Bertz CT molecular complexity index is 966. The van der Waals surface area contributed by atoms with E-state index < -0.39 is 11.5 Å². The molecule has 5 atom stereocenters. The second kappa shape index (κ2) is 10.3. The smallest absolute Gasteiger partial charge is 0.226 e. The summed E-state index contributed by atoms with van der Waals surface area (Å²) in [5, 5.41) is 28.2. The van der Waals surface area contributed by atoms with E-state index in [4.69, 9.17) is 4.98 Å². The van der Waals surface area contributed by atoms with Crippen molar-refractivity contribution in [1.82, 2.24) is 10.3 Å². The molecule has 2 amide bonds. The van der Waals surface area contributed by atoms with Gasteiger partial charge in [0.15, 0.2) is 5.13 Å². The number of hydrogen-bond acceptors (Lipinski definition) is 6. The lowest BCUT2D eigenvalue weighted by Gasteiger charge is -2.58. The van der Waals surface area contributed by atoms with Gasteiger partial charge in [0.1, 0.15) is 0 Å². The van der Waals surface area contributed by atoms with Crippen LogP contribution in [0.25, 0.3) is 0 Å². The molecule has 0 aliphatic heterocycles. The minimum atomic E-state index is -0.650. The highest BCUT2D eigenvalue weighted by molar-refractivity contribution is 7.15. The molecule has 7 nitrogen and oxygen atoms in total. The predicted molar refractivity (Wildman–Crippen MR) is 143 cm³/mol. The Hall–Kier alpha value is -1.51. The largest absolute Gasteiger partial charge is 0.396 e. The third-order valence-electron chi connectivity index (χ3n) is 9.19. The maximum Gasteiger partial charge on any atom is 0.226 e. The third kappa shape index (κ3) is 5.51. The lowest BCUT2D eigenvalue weighted by atomic mass is 9.47. The van der Waals surface area contributed by atoms with Gasteiger partial charge in [0.2, 0.25) is 11.8 Å². The number of amides is 2. The molecule has 1 aromatic heterocycles. The first-order chi connectivity index (χ1) is 16.9. The van der Waals surface area contributed by atoms with E-state index in [1.165, 1.54) is 17.8 Å². The fourth-order valence-electron chi connectivity index (χ4n) is 7.06. The first kappa shape index (κ1) is 27.5. The van der Waals surface area contributed by atoms with Crippen LogP contribution in [0.5, 0.6) is 0 Å². The van der Waals surface area contributed by atoms with Gasteiger partial charge in [-0.3, -0.25) is 9.59 Å². The molecule has 0 aromatic carbocycles. The second-order valence-electron chi connectivity index (χ2n) is 13.3. The summed E-state index contributed by atoms with van der Waals surface area (Å²) < 4.78 is 0. The van der Waals surface area contributed by atoms with Gasteiger partial charge in [-0.25, -0.2) is 4.98 Å². The second-order valence-corrected chi connectivity index (χ2v) is 14.3. The van der Waals surface area contributed by atoms with E-state index in [1.807, 2.05) is 27.7 Å². The molecular formula is C28H45N3O4S. The Labute approximate surface area is 219 Å².